The minimum absolute atomic E-state index is 0.0169. The maximum absolute atomic E-state index is 13.8. The van der Waals surface area contributed by atoms with Crippen LogP contribution in [0.4, 0.5) is 11.4 Å². The summed E-state index contributed by atoms with van der Waals surface area (Å²) in [6.07, 6.45) is -0.310. The van der Waals surface area contributed by atoms with Gasteiger partial charge in [-0.3, -0.25) is 9.59 Å². The molecular weight excluding hydrogens is 498 g/mol. The highest BCUT2D eigenvalue weighted by Crippen LogP contribution is 2.42. The topological polar surface area (TPSA) is 129 Å². The van der Waals surface area contributed by atoms with Crippen molar-refractivity contribution in [3.8, 4) is 5.75 Å². The number of nitrogens with two attached hydrogens (primary N) is 1. The summed E-state index contributed by atoms with van der Waals surface area (Å²) >= 11 is 0. The molecule has 1 heterocycles. The van der Waals surface area contributed by atoms with Crippen LogP contribution in [0.15, 0.2) is 108 Å². The molecule has 4 rings (SSSR count). The van der Waals surface area contributed by atoms with Crippen LogP contribution in [0.3, 0.4) is 0 Å². The third-order valence-corrected chi connectivity index (χ3v) is 5.98. The Balaban J connectivity index is 1.81. The van der Waals surface area contributed by atoms with E-state index in [4.69, 9.17) is 19.9 Å². The molecule has 0 radical (unpaired) electrons. The lowest BCUT2D eigenvalue weighted by atomic mass is 9.81. The Morgan fingerprint density at radius 3 is 2.00 bits per heavy atom. The highest BCUT2D eigenvalue weighted by Gasteiger charge is 2.41. The van der Waals surface area contributed by atoms with Crippen LogP contribution in [-0.2, 0) is 23.9 Å². The summed E-state index contributed by atoms with van der Waals surface area (Å²) in [4.78, 5) is 40.0. The Kier molecular flexibility index (Phi) is 8.63. The van der Waals surface area contributed by atoms with Crippen molar-refractivity contribution in [3.05, 3.63) is 113 Å². The third-order valence-electron chi connectivity index (χ3n) is 5.98. The molecule has 2 amide bonds. The second-order valence-corrected chi connectivity index (χ2v) is 8.55. The zero-order valence-electron chi connectivity index (χ0n) is 21.6. The fourth-order valence-corrected chi connectivity index (χ4v) is 4.23. The first-order chi connectivity index (χ1) is 18.9. The SMILES string of the molecule is CCOC(=O)C1=C(N)OC(CC(=O)Nc2ccccc2)=C(C(=O)Nc2ccccc2)C1c1ccc(OC)cc1. The predicted octanol–water partition coefficient (Wildman–Crippen LogP) is 4.46. The number of esters is 1. The maximum atomic E-state index is 13.8. The lowest BCUT2D eigenvalue weighted by Crippen LogP contribution is -2.33. The van der Waals surface area contributed by atoms with Gasteiger partial charge in [-0.25, -0.2) is 4.79 Å². The van der Waals surface area contributed by atoms with Gasteiger partial charge in [0.25, 0.3) is 5.91 Å². The molecule has 3 aromatic carbocycles. The Morgan fingerprint density at radius 1 is 0.846 bits per heavy atom. The first kappa shape index (κ1) is 27.0. The van der Waals surface area contributed by atoms with Crippen LogP contribution in [0.25, 0.3) is 0 Å². The van der Waals surface area contributed by atoms with Crippen molar-refractivity contribution >= 4 is 29.2 Å². The summed E-state index contributed by atoms with van der Waals surface area (Å²) in [5.74, 6) is -2.33. The largest absolute Gasteiger partial charge is 0.497 e. The van der Waals surface area contributed by atoms with Crippen LogP contribution in [0.2, 0.25) is 0 Å². The van der Waals surface area contributed by atoms with Crippen LogP contribution in [-0.4, -0.2) is 31.5 Å². The molecule has 200 valence electrons. The molecule has 0 aliphatic carbocycles. The lowest BCUT2D eigenvalue weighted by Gasteiger charge is -2.30. The number of rotatable bonds is 9. The van der Waals surface area contributed by atoms with E-state index < -0.39 is 23.7 Å². The van der Waals surface area contributed by atoms with Gasteiger partial charge < -0.3 is 30.6 Å². The average molecular weight is 528 g/mol. The number of nitrogens with one attached hydrogen (secondary N) is 2. The van der Waals surface area contributed by atoms with Crippen molar-refractivity contribution in [2.75, 3.05) is 24.4 Å². The van der Waals surface area contributed by atoms with Crippen molar-refractivity contribution in [2.24, 2.45) is 5.73 Å². The Bertz CT molecular complexity index is 1400. The van der Waals surface area contributed by atoms with Gasteiger partial charge in [0.2, 0.25) is 11.8 Å². The van der Waals surface area contributed by atoms with Crippen LogP contribution >= 0.6 is 0 Å². The van der Waals surface area contributed by atoms with Crippen molar-refractivity contribution in [3.63, 3.8) is 0 Å². The van der Waals surface area contributed by atoms with E-state index in [-0.39, 0.29) is 35.8 Å². The zero-order valence-corrected chi connectivity index (χ0v) is 21.6. The number of para-hydroxylation sites is 2. The van der Waals surface area contributed by atoms with Crippen LogP contribution in [0.1, 0.15) is 24.8 Å². The number of ether oxygens (including phenoxy) is 3. The Labute approximate surface area is 226 Å². The Morgan fingerprint density at radius 2 is 1.44 bits per heavy atom. The monoisotopic (exact) mass is 527 g/mol. The van der Waals surface area contributed by atoms with Crippen LogP contribution < -0.4 is 21.1 Å². The van der Waals surface area contributed by atoms with Gasteiger partial charge in [-0.1, -0.05) is 48.5 Å². The molecule has 1 unspecified atom stereocenters. The normalized spacial score (nSPS) is 14.8. The molecule has 9 nitrogen and oxygen atoms in total. The first-order valence-corrected chi connectivity index (χ1v) is 12.3. The van der Waals surface area contributed by atoms with Crippen molar-refractivity contribution in [1.82, 2.24) is 0 Å². The highest BCUT2D eigenvalue weighted by atomic mass is 16.5. The molecule has 3 aromatic rings. The van der Waals surface area contributed by atoms with E-state index in [9.17, 15) is 14.4 Å². The van der Waals surface area contributed by atoms with Gasteiger partial charge in [-0.05, 0) is 48.9 Å². The van der Waals surface area contributed by atoms with E-state index in [0.29, 0.717) is 22.7 Å². The number of methoxy groups -OCH3 is 1. The summed E-state index contributed by atoms with van der Waals surface area (Å²) < 4.78 is 16.4. The molecule has 1 atom stereocenters. The lowest BCUT2D eigenvalue weighted by molar-refractivity contribution is -0.139. The molecule has 39 heavy (non-hydrogen) atoms. The number of hydrogen-bond donors (Lipinski definition) is 3. The fraction of sp³-hybridized carbons (Fsp3) is 0.167. The quantitative estimate of drug-likeness (QED) is 0.350. The number of carbonyl (C=O) groups is 3. The number of anilines is 2. The molecule has 1 aliphatic heterocycles. The zero-order chi connectivity index (χ0) is 27.8. The maximum Gasteiger partial charge on any atom is 0.340 e. The fourth-order valence-electron chi connectivity index (χ4n) is 4.23. The van der Waals surface area contributed by atoms with Gasteiger partial charge >= 0.3 is 5.97 Å². The summed E-state index contributed by atoms with van der Waals surface area (Å²) in [7, 11) is 1.54. The molecule has 0 saturated heterocycles. The minimum Gasteiger partial charge on any atom is -0.497 e. The van der Waals surface area contributed by atoms with E-state index in [1.165, 1.54) is 7.11 Å². The molecule has 0 aromatic heterocycles. The summed E-state index contributed by atoms with van der Waals surface area (Å²) in [5, 5.41) is 5.63. The van der Waals surface area contributed by atoms with Crippen molar-refractivity contribution in [1.29, 1.82) is 0 Å². The second kappa shape index (κ2) is 12.5. The minimum atomic E-state index is -0.980. The molecule has 0 spiro atoms. The first-order valence-electron chi connectivity index (χ1n) is 12.3. The van der Waals surface area contributed by atoms with E-state index in [1.807, 2.05) is 12.1 Å². The molecular formula is C30H29N3O6. The molecule has 9 heteroatoms. The summed E-state index contributed by atoms with van der Waals surface area (Å²) in [5.41, 5.74) is 7.95. The molecule has 1 aliphatic rings. The third kappa shape index (κ3) is 6.45. The summed E-state index contributed by atoms with van der Waals surface area (Å²) in [6, 6.07) is 24.6. The van der Waals surface area contributed by atoms with E-state index in [0.717, 1.165) is 0 Å². The summed E-state index contributed by atoms with van der Waals surface area (Å²) in [6.45, 7) is 1.76. The number of amides is 2. The van der Waals surface area contributed by atoms with Crippen LogP contribution in [0.5, 0.6) is 5.75 Å². The van der Waals surface area contributed by atoms with Crippen molar-refractivity contribution < 1.29 is 28.6 Å². The highest BCUT2D eigenvalue weighted by molar-refractivity contribution is 6.09. The van der Waals surface area contributed by atoms with Gasteiger partial charge in [0, 0.05) is 11.4 Å². The van der Waals surface area contributed by atoms with Crippen molar-refractivity contribution in [2.45, 2.75) is 19.3 Å². The van der Waals surface area contributed by atoms with Gasteiger partial charge in [0.15, 0.2) is 0 Å². The number of carbonyl (C=O) groups excluding carboxylic acids is 3. The molecule has 0 bridgehead atoms. The van der Waals surface area contributed by atoms with Gasteiger partial charge in [0.05, 0.1) is 31.6 Å². The van der Waals surface area contributed by atoms with E-state index >= 15 is 0 Å². The average Bonchev–Trinajstić information content (AvgIpc) is 2.93. The number of hydrogen-bond acceptors (Lipinski definition) is 7. The smallest absolute Gasteiger partial charge is 0.340 e. The molecule has 0 saturated carbocycles. The van der Waals surface area contributed by atoms with Gasteiger partial charge in [0.1, 0.15) is 17.1 Å². The van der Waals surface area contributed by atoms with Gasteiger partial charge in [-0.2, -0.15) is 0 Å². The second-order valence-electron chi connectivity index (χ2n) is 8.55. The Hall–Kier alpha value is -5.05. The van der Waals surface area contributed by atoms with E-state index in [1.54, 1.807) is 79.7 Å². The number of benzene rings is 3. The van der Waals surface area contributed by atoms with Gasteiger partial charge in [-0.15, -0.1) is 0 Å². The molecule has 4 N–H and O–H groups in total. The van der Waals surface area contributed by atoms with E-state index in [2.05, 4.69) is 10.6 Å². The standard InChI is InChI=1S/C30H29N3O6/c1-3-38-30(36)27-25(19-14-16-22(37-2)17-15-19)26(29(35)33-21-12-8-5-9-13-21)23(39-28(27)31)18-24(34)32-20-10-6-4-7-11-20/h4-17,25H,3,18,31H2,1-2H3,(H,32,34)(H,33,35). The molecule has 0 fully saturated rings. The van der Waals surface area contributed by atoms with Crippen LogP contribution in [0, 0.1) is 0 Å². The predicted molar refractivity (Wildman–Crippen MR) is 146 cm³/mol.